The molecule has 1 aliphatic rings. The Hall–Kier alpha value is -2.70. The van der Waals surface area contributed by atoms with Crippen LogP contribution in [0.15, 0.2) is 30.0 Å². The molecule has 0 spiro atoms. The number of amides is 1. The second-order valence-electron chi connectivity index (χ2n) is 6.56. The number of halogens is 1. The predicted octanol–water partition coefficient (Wildman–Crippen LogP) is 3.38. The topological polar surface area (TPSA) is 83.2 Å². The highest BCUT2D eigenvalue weighted by Gasteiger charge is 2.22. The maximum absolute atomic E-state index is 12.2. The Labute approximate surface area is 159 Å². The molecule has 1 aromatic rings. The first kappa shape index (κ1) is 19.6. The molecule has 7 heteroatoms. The molecule has 1 amide bonds. The van der Waals surface area contributed by atoms with Gasteiger partial charge in [-0.05, 0) is 24.1 Å². The Balaban J connectivity index is 1.99. The first-order valence-corrected chi connectivity index (χ1v) is 8.91. The third-order valence-electron chi connectivity index (χ3n) is 4.13. The van der Waals surface area contributed by atoms with E-state index in [0.29, 0.717) is 36.1 Å². The number of hydrogen-bond donors (Lipinski definition) is 1. The van der Waals surface area contributed by atoms with Crippen LogP contribution in [0, 0.1) is 28.6 Å². The predicted molar refractivity (Wildman–Crippen MR) is 103 cm³/mol. The monoisotopic (exact) mass is 371 g/mol. The minimum Gasteiger partial charge on any atom is -0.367 e. The standard InChI is InChI=1S/C19H22ClN5O/c1-14(2)9-19(26)25-7-5-24(6-8-25)18-4-3-16(10-17(18)20)23-13-15(11-21)12-22/h3-4,10,13-14,23H,5-9H2,1-2H3. The van der Waals surface area contributed by atoms with Crippen molar-refractivity contribution in [1.29, 1.82) is 10.5 Å². The van der Waals surface area contributed by atoms with E-state index in [9.17, 15) is 4.79 Å². The lowest BCUT2D eigenvalue weighted by atomic mass is 10.1. The van der Waals surface area contributed by atoms with Gasteiger partial charge in [0, 0.05) is 44.5 Å². The van der Waals surface area contributed by atoms with Gasteiger partial charge in [0.05, 0.1) is 10.7 Å². The van der Waals surface area contributed by atoms with Gasteiger partial charge in [0.15, 0.2) is 0 Å². The van der Waals surface area contributed by atoms with Gasteiger partial charge in [0.1, 0.15) is 17.7 Å². The average Bonchev–Trinajstić information content (AvgIpc) is 2.62. The second kappa shape index (κ2) is 9.12. The molecule has 1 N–H and O–H groups in total. The number of nitriles is 2. The minimum absolute atomic E-state index is 0.00705. The summed E-state index contributed by atoms with van der Waals surface area (Å²) >= 11 is 6.40. The van der Waals surface area contributed by atoms with E-state index in [1.54, 1.807) is 18.2 Å². The molecule has 0 bridgehead atoms. The zero-order valence-corrected chi connectivity index (χ0v) is 15.8. The van der Waals surface area contributed by atoms with Gasteiger partial charge in [-0.2, -0.15) is 10.5 Å². The van der Waals surface area contributed by atoms with Crippen LogP contribution in [0.5, 0.6) is 0 Å². The summed E-state index contributed by atoms with van der Waals surface area (Å²) in [6.07, 6.45) is 1.94. The van der Waals surface area contributed by atoms with Crippen LogP contribution in [0.3, 0.4) is 0 Å². The van der Waals surface area contributed by atoms with E-state index >= 15 is 0 Å². The summed E-state index contributed by atoms with van der Waals surface area (Å²) in [5.41, 5.74) is 1.61. The normalized spacial score (nSPS) is 13.8. The first-order valence-electron chi connectivity index (χ1n) is 8.53. The van der Waals surface area contributed by atoms with Crippen molar-refractivity contribution in [3.63, 3.8) is 0 Å². The molecule has 6 nitrogen and oxygen atoms in total. The van der Waals surface area contributed by atoms with Crippen LogP contribution in [0.4, 0.5) is 11.4 Å². The van der Waals surface area contributed by atoms with Gasteiger partial charge < -0.3 is 15.1 Å². The molecule has 1 saturated heterocycles. The molecular weight excluding hydrogens is 350 g/mol. The lowest BCUT2D eigenvalue weighted by molar-refractivity contribution is -0.132. The summed E-state index contributed by atoms with van der Waals surface area (Å²) in [7, 11) is 0. The van der Waals surface area contributed by atoms with Crippen LogP contribution >= 0.6 is 11.6 Å². The number of nitrogens with one attached hydrogen (secondary N) is 1. The zero-order valence-electron chi connectivity index (χ0n) is 15.0. The Morgan fingerprint density at radius 2 is 1.92 bits per heavy atom. The fraction of sp³-hybridized carbons (Fsp3) is 0.421. The quantitative estimate of drug-likeness (QED) is 0.802. The van der Waals surface area contributed by atoms with Gasteiger partial charge in [-0.15, -0.1) is 0 Å². The van der Waals surface area contributed by atoms with Gasteiger partial charge in [0.25, 0.3) is 0 Å². The number of nitrogens with zero attached hydrogens (tertiary/aromatic N) is 4. The van der Waals surface area contributed by atoms with Crippen molar-refractivity contribution in [1.82, 2.24) is 4.90 Å². The fourth-order valence-electron chi connectivity index (χ4n) is 2.77. The smallest absolute Gasteiger partial charge is 0.222 e. The highest BCUT2D eigenvalue weighted by molar-refractivity contribution is 6.33. The summed E-state index contributed by atoms with van der Waals surface area (Å²) in [5, 5.41) is 21.0. The van der Waals surface area contributed by atoms with E-state index in [1.165, 1.54) is 6.20 Å². The van der Waals surface area contributed by atoms with Crippen molar-refractivity contribution in [3.05, 3.63) is 35.0 Å². The summed E-state index contributed by atoms with van der Waals surface area (Å²) < 4.78 is 0. The number of piperazine rings is 1. The lowest BCUT2D eigenvalue weighted by Gasteiger charge is -2.36. The number of carbonyl (C=O) groups is 1. The van der Waals surface area contributed by atoms with Gasteiger partial charge in [0.2, 0.25) is 5.91 Å². The number of hydrogen-bond acceptors (Lipinski definition) is 5. The number of rotatable bonds is 5. The Bertz CT molecular complexity index is 751. The van der Waals surface area contributed by atoms with Crippen LogP contribution in [0.2, 0.25) is 5.02 Å². The minimum atomic E-state index is -0.00705. The second-order valence-corrected chi connectivity index (χ2v) is 6.97. The lowest BCUT2D eigenvalue weighted by Crippen LogP contribution is -2.49. The van der Waals surface area contributed by atoms with Crippen molar-refractivity contribution in [2.45, 2.75) is 20.3 Å². The van der Waals surface area contributed by atoms with E-state index in [0.717, 1.165) is 18.8 Å². The third kappa shape index (κ3) is 5.15. The summed E-state index contributed by atoms with van der Waals surface area (Å²) in [6.45, 7) is 6.97. The van der Waals surface area contributed by atoms with Crippen LogP contribution < -0.4 is 10.2 Å². The summed E-state index contributed by atoms with van der Waals surface area (Å²) in [6, 6.07) is 9.09. The molecule has 2 rings (SSSR count). The molecule has 136 valence electrons. The molecule has 0 unspecified atom stereocenters. The van der Waals surface area contributed by atoms with Crippen molar-refractivity contribution in [2.75, 3.05) is 36.4 Å². The van der Waals surface area contributed by atoms with Crippen LogP contribution in [0.1, 0.15) is 20.3 Å². The maximum Gasteiger partial charge on any atom is 0.222 e. The number of anilines is 2. The summed E-state index contributed by atoms with van der Waals surface area (Å²) in [4.78, 5) is 16.2. The van der Waals surface area contributed by atoms with E-state index < -0.39 is 0 Å². The Kier molecular flexibility index (Phi) is 6.89. The molecule has 26 heavy (non-hydrogen) atoms. The number of benzene rings is 1. The highest BCUT2D eigenvalue weighted by Crippen LogP contribution is 2.30. The Morgan fingerprint density at radius 3 is 2.46 bits per heavy atom. The van der Waals surface area contributed by atoms with Gasteiger partial charge >= 0.3 is 0 Å². The van der Waals surface area contributed by atoms with Crippen molar-refractivity contribution in [3.8, 4) is 12.1 Å². The fourth-order valence-corrected chi connectivity index (χ4v) is 3.07. The maximum atomic E-state index is 12.2. The molecule has 0 radical (unpaired) electrons. The van der Waals surface area contributed by atoms with Gasteiger partial charge in [-0.25, -0.2) is 0 Å². The average molecular weight is 372 g/mol. The molecule has 1 heterocycles. The van der Waals surface area contributed by atoms with E-state index in [2.05, 4.69) is 24.1 Å². The zero-order chi connectivity index (χ0) is 19.1. The molecule has 1 aliphatic heterocycles. The molecule has 0 saturated carbocycles. The van der Waals surface area contributed by atoms with Crippen molar-refractivity contribution >= 4 is 28.9 Å². The first-order chi connectivity index (χ1) is 12.4. The number of allylic oxidation sites excluding steroid dienone is 1. The van der Waals surface area contributed by atoms with E-state index in [4.69, 9.17) is 22.1 Å². The third-order valence-corrected chi connectivity index (χ3v) is 4.43. The SMILES string of the molecule is CC(C)CC(=O)N1CCN(c2ccc(NC=C(C#N)C#N)cc2Cl)CC1. The highest BCUT2D eigenvalue weighted by atomic mass is 35.5. The van der Waals surface area contributed by atoms with Crippen LogP contribution in [0.25, 0.3) is 0 Å². The van der Waals surface area contributed by atoms with Crippen LogP contribution in [-0.2, 0) is 4.79 Å². The largest absolute Gasteiger partial charge is 0.367 e. The molecule has 0 aromatic heterocycles. The van der Waals surface area contributed by atoms with Crippen LogP contribution in [-0.4, -0.2) is 37.0 Å². The van der Waals surface area contributed by atoms with E-state index in [1.807, 2.05) is 17.0 Å². The van der Waals surface area contributed by atoms with Gasteiger partial charge in [-0.3, -0.25) is 4.79 Å². The molecule has 0 atom stereocenters. The van der Waals surface area contributed by atoms with E-state index in [-0.39, 0.29) is 11.5 Å². The molecule has 1 fully saturated rings. The van der Waals surface area contributed by atoms with Crippen molar-refractivity contribution in [2.24, 2.45) is 5.92 Å². The molecule has 0 aliphatic carbocycles. The molecular formula is C19H22ClN5O. The van der Waals surface area contributed by atoms with Crippen molar-refractivity contribution < 1.29 is 4.79 Å². The molecule has 1 aromatic carbocycles. The van der Waals surface area contributed by atoms with Gasteiger partial charge in [-0.1, -0.05) is 25.4 Å². The Morgan fingerprint density at radius 1 is 1.27 bits per heavy atom. The number of carbonyl (C=O) groups excluding carboxylic acids is 1. The summed E-state index contributed by atoms with van der Waals surface area (Å²) in [5.74, 6) is 0.578.